The van der Waals surface area contributed by atoms with E-state index in [0.29, 0.717) is 32.4 Å². The Morgan fingerprint density at radius 2 is 2.14 bits per heavy atom. The molecule has 0 aliphatic carbocycles. The number of nitrogens with one attached hydrogen (secondary N) is 1. The minimum Gasteiger partial charge on any atom is -0.506 e. The van der Waals surface area contributed by atoms with Crippen LogP contribution in [0.2, 0.25) is 0 Å². The fraction of sp³-hybridized carbons (Fsp3) is 0.462. The number of carbonyl (C=O) groups is 1. The number of amides is 1. The molecule has 0 saturated carbocycles. The zero-order chi connectivity index (χ0) is 16.3. The number of nitrogens with zero attached hydrogens (tertiary/aromatic N) is 2. The minimum atomic E-state index is -1.17. The first kappa shape index (κ1) is 16.1. The summed E-state index contributed by atoms with van der Waals surface area (Å²) in [5.41, 5.74) is -1.01. The molecule has 8 nitrogen and oxygen atoms in total. The molecule has 2 rings (SSSR count). The number of nitro benzene ring substituents is 1. The van der Waals surface area contributed by atoms with Crippen molar-refractivity contribution in [2.24, 2.45) is 0 Å². The average Bonchev–Trinajstić information content (AvgIpc) is 2.49. The quantitative estimate of drug-likeness (QED) is 0.490. The average molecular weight is 313 g/mol. The van der Waals surface area contributed by atoms with Gasteiger partial charge in [0.2, 0.25) is 11.7 Å². The number of carbonyl (C=O) groups excluding carboxylic acids is 1. The first-order valence-electron chi connectivity index (χ1n) is 6.69. The molecular weight excluding hydrogens is 297 g/mol. The van der Waals surface area contributed by atoms with Gasteiger partial charge in [0.1, 0.15) is 5.75 Å². The van der Waals surface area contributed by atoms with Gasteiger partial charge in [-0.05, 0) is 6.92 Å². The maximum atomic E-state index is 13.3. The summed E-state index contributed by atoms with van der Waals surface area (Å²) in [6.45, 7) is 3.89. The second kappa shape index (κ2) is 6.67. The van der Waals surface area contributed by atoms with Crippen LogP contribution < -0.4 is 5.32 Å². The third-order valence-corrected chi connectivity index (χ3v) is 3.49. The van der Waals surface area contributed by atoms with Crippen molar-refractivity contribution in [1.82, 2.24) is 4.90 Å². The van der Waals surface area contributed by atoms with Crippen molar-refractivity contribution in [2.45, 2.75) is 13.0 Å². The lowest BCUT2D eigenvalue weighted by molar-refractivity contribution is -0.387. The number of benzene rings is 1. The maximum absolute atomic E-state index is 13.3. The van der Waals surface area contributed by atoms with E-state index in [9.17, 15) is 24.4 Å². The van der Waals surface area contributed by atoms with E-state index in [0.717, 1.165) is 6.07 Å². The molecule has 0 bridgehead atoms. The summed E-state index contributed by atoms with van der Waals surface area (Å²) in [5, 5.41) is 22.7. The Kier molecular flexibility index (Phi) is 4.88. The molecule has 1 aliphatic rings. The van der Waals surface area contributed by atoms with Crippen molar-refractivity contribution >= 4 is 17.3 Å². The second-order valence-electron chi connectivity index (χ2n) is 4.89. The standard InChI is InChI=1S/C13H16FN3O5/c1-8(16-2-4-22-5-3-16)13(19)15-10-7-11(17(20)21)9(14)6-12(10)18/h6-8,18H,2-5H2,1H3,(H,15,19). The number of hydrogen-bond acceptors (Lipinski definition) is 6. The second-order valence-corrected chi connectivity index (χ2v) is 4.89. The largest absolute Gasteiger partial charge is 0.506 e. The molecule has 9 heteroatoms. The van der Waals surface area contributed by atoms with E-state index in [1.165, 1.54) is 0 Å². The monoisotopic (exact) mass is 313 g/mol. The van der Waals surface area contributed by atoms with Gasteiger partial charge in [-0.1, -0.05) is 0 Å². The van der Waals surface area contributed by atoms with Gasteiger partial charge < -0.3 is 15.2 Å². The molecule has 1 amide bonds. The van der Waals surface area contributed by atoms with E-state index in [4.69, 9.17) is 4.74 Å². The van der Waals surface area contributed by atoms with Gasteiger partial charge in [-0.25, -0.2) is 0 Å². The van der Waals surface area contributed by atoms with Crippen LogP contribution in [-0.4, -0.2) is 53.2 Å². The molecule has 1 saturated heterocycles. The van der Waals surface area contributed by atoms with Crippen LogP contribution in [0.3, 0.4) is 0 Å². The summed E-state index contributed by atoms with van der Waals surface area (Å²) < 4.78 is 18.5. The maximum Gasteiger partial charge on any atom is 0.307 e. The number of morpholine rings is 1. The van der Waals surface area contributed by atoms with Gasteiger partial charge in [0, 0.05) is 25.2 Å². The van der Waals surface area contributed by atoms with E-state index in [-0.39, 0.29) is 5.69 Å². The van der Waals surface area contributed by atoms with Crippen LogP contribution in [-0.2, 0) is 9.53 Å². The Morgan fingerprint density at radius 1 is 1.50 bits per heavy atom. The molecule has 1 fully saturated rings. The lowest BCUT2D eigenvalue weighted by Crippen LogP contribution is -2.47. The highest BCUT2D eigenvalue weighted by Crippen LogP contribution is 2.31. The number of hydrogen-bond donors (Lipinski definition) is 2. The number of aromatic hydroxyl groups is 1. The molecule has 22 heavy (non-hydrogen) atoms. The molecule has 0 spiro atoms. The molecule has 1 aliphatic heterocycles. The van der Waals surface area contributed by atoms with Crippen LogP contribution in [0.1, 0.15) is 6.92 Å². The number of anilines is 1. The van der Waals surface area contributed by atoms with Crippen LogP contribution in [0.4, 0.5) is 15.8 Å². The topological polar surface area (TPSA) is 105 Å². The fourth-order valence-electron chi connectivity index (χ4n) is 2.16. The van der Waals surface area contributed by atoms with Crippen molar-refractivity contribution in [3.05, 3.63) is 28.1 Å². The summed E-state index contributed by atoms with van der Waals surface area (Å²) in [6.07, 6.45) is 0. The van der Waals surface area contributed by atoms with Gasteiger partial charge in [-0.15, -0.1) is 0 Å². The number of rotatable bonds is 4. The van der Waals surface area contributed by atoms with Gasteiger partial charge in [0.05, 0.1) is 29.9 Å². The summed E-state index contributed by atoms with van der Waals surface area (Å²) in [4.78, 5) is 23.8. The van der Waals surface area contributed by atoms with Crippen molar-refractivity contribution in [3.63, 3.8) is 0 Å². The Hall–Kier alpha value is -2.26. The van der Waals surface area contributed by atoms with Crippen molar-refractivity contribution in [3.8, 4) is 5.75 Å². The number of phenols is 1. The third-order valence-electron chi connectivity index (χ3n) is 3.49. The van der Waals surface area contributed by atoms with E-state index >= 15 is 0 Å². The summed E-state index contributed by atoms with van der Waals surface area (Å²) in [5.74, 6) is -2.18. The molecule has 0 radical (unpaired) electrons. The summed E-state index contributed by atoms with van der Waals surface area (Å²) in [7, 11) is 0. The minimum absolute atomic E-state index is 0.196. The number of phenolic OH excluding ortho intramolecular Hbond substituents is 1. The van der Waals surface area contributed by atoms with Crippen molar-refractivity contribution in [1.29, 1.82) is 0 Å². The molecule has 1 heterocycles. The highest BCUT2D eigenvalue weighted by molar-refractivity contribution is 5.96. The van der Waals surface area contributed by atoms with Crippen LogP contribution in [0.25, 0.3) is 0 Å². The lowest BCUT2D eigenvalue weighted by atomic mass is 10.2. The highest BCUT2D eigenvalue weighted by atomic mass is 19.1. The molecule has 1 atom stereocenters. The summed E-state index contributed by atoms with van der Waals surface area (Å²) >= 11 is 0. The van der Waals surface area contributed by atoms with Crippen LogP contribution in [0.5, 0.6) is 5.75 Å². The smallest absolute Gasteiger partial charge is 0.307 e. The number of halogens is 1. The normalized spacial score (nSPS) is 17.0. The Morgan fingerprint density at radius 3 is 2.73 bits per heavy atom. The molecule has 1 unspecified atom stereocenters. The lowest BCUT2D eigenvalue weighted by Gasteiger charge is -2.31. The third kappa shape index (κ3) is 3.49. The molecule has 1 aromatic rings. The van der Waals surface area contributed by atoms with Crippen LogP contribution in [0.15, 0.2) is 12.1 Å². The Bertz CT molecular complexity index is 589. The van der Waals surface area contributed by atoms with Crippen LogP contribution >= 0.6 is 0 Å². The van der Waals surface area contributed by atoms with E-state index in [2.05, 4.69) is 5.32 Å². The van der Waals surface area contributed by atoms with Gasteiger partial charge in [0.25, 0.3) is 0 Å². The van der Waals surface area contributed by atoms with Crippen molar-refractivity contribution < 1.29 is 24.0 Å². The molecule has 2 N–H and O–H groups in total. The van der Waals surface area contributed by atoms with E-state index in [1.54, 1.807) is 6.92 Å². The van der Waals surface area contributed by atoms with E-state index in [1.807, 2.05) is 4.90 Å². The number of nitro groups is 1. The van der Waals surface area contributed by atoms with Gasteiger partial charge >= 0.3 is 5.69 Å². The molecule has 120 valence electrons. The van der Waals surface area contributed by atoms with Crippen LogP contribution in [0, 0.1) is 15.9 Å². The first-order chi connectivity index (χ1) is 10.4. The van der Waals surface area contributed by atoms with Crippen molar-refractivity contribution in [2.75, 3.05) is 31.6 Å². The zero-order valence-electron chi connectivity index (χ0n) is 11.9. The SMILES string of the molecule is CC(C(=O)Nc1cc([N+](=O)[O-])c(F)cc1O)N1CCOCC1. The number of ether oxygens (including phenoxy) is 1. The first-order valence-corrected chi connectivity index (χ1v) is 6.69. The fourth-order valence-corrected chi connectivity index (χ4v) is 2.16. The molecule has 1 aromatic carbocycles. The molecular formula is C13H16FN3O5. The van der Waals surface area contributed by atoms with Gasteiger partial charge in [0.15, 0.2) is 0 Å². The zero-order valence-corrected chi connectivity index (χ0v) is 11.9. The Labute approximate surface area is 125 Å². The van der Waals surface area contributed by atoms with Gasteiger partial charge in [-0.2, -0.15) is 4.39 Å². The predicted molar refractivity (Wildman–Crippen MR) is 75.2 cm³/mol. The predicted octanol–water partition coefficient (Wildman–Crippen LogP) is 1.10. The molecule has 0 aromatic heterocycles. The van der Waals surface area contributed by atoms with E-state index < -0.39 is 34.1 Å². The summed E-state index contributed by atoms with van der Waals surface area (Å²) in [6, 6.07) is 0.897. The van der Waals surface area contributed by atoms with Gasteiger partial charge in [-0.3, -0.25) is 19.8 Å². The highest BCUT2D eigenvalue weighted by Gasteiger charge is 2.25. The Balaban J connectivity index is 2.13.